The third kappa shape index (κ3) is 7.77. The summed E-state index contributed by atoms with van der Waals surface area (Å²) in [4.78, 5) is 0. The number of aliphatic hydroxyl groups excluding tert-OH is 1. The number of rotatable bonds is 7. The van der Waals surface area contributed by atoms with Crippen molar-refractivity contribution in [2.75, 3.05) is 13.2 Å². The first-order valence-corrected chi connectivity index (χ1v) is 5.88. The normalized spacial score (nSPS) is 16.4. The van der Waals surface area contributed by atoms with Crippen LogP contribution in [0.5, 0.6) is 0 Å². The Morgan fingerprint density at radius 3 is 2.33 bits per heavy atom. The van der Waals surface area contributed by atoms with Gasteiger partial charge in [-0.3, -0.25) is 0 Å². The van der Waals surface area contributed by atoms with Gasteiger partial charge in [0.2, 0.25) is 0 Å². The Morgan fingerprint density at radius 2 is 1.93 bits per heavy atom. The SMILES string of the molecule is CCCC(N)C(CO)OCCC(C)(C)C. The minimum atomic E-state index is -0.202. The Hall–Kier alpha value is -0.120. The van der Waals surface area contributed by atoms with Crippen LogP contribution in [-0.4, -0.2) is 30.5 Å². The van der Waals surface area contributed by atoms with E-state index < -0.39 is 0 Å². The van der Waals surface area contributed by atoms with E-state index in [4.69, 9.17) is 15.6 Å². The Morgan fingerprint density at radius 1 is 1.33 bits per heavy atom. The van der Waals surface area contributed by atoms with Crippen LogP contribution in [0, 0.1) is 5.41 Å². The Kier molecular flexibility index (Phi) is 7.14. The van der Waals surface area contributed by atoms with E-state index in [0.29, 0.717) is 6.61 Å². The molecule has 3 N–H and O–H groups in total. The first-order valence-electron chi connectivity index (χ1n) is 5.88. The van der Waals surface area contributed by atoms with Crippen LogP contribution in [0.3, 0.4) is 0 Å². The van der Waals surface area contributed by atoms with E-state index in [1.807, 2.05) is 0 Å². The highest BCUT2D eigenvalue weighted by molar-refractivity contribution is 4.72. The predicted molar refractivity (Wildman–Crippen MR) is 63.8 cm³/mol. The average Bonchev–Trinajstić information content (AvgIpc) is 2.11. The highest BCUT2D eigenvalue weighted by atomic mass is 16.5. The summed E-state index contributed by atoms with van der Waals surface area (Å²) in [6.45, 7) is 9.31. The van der Waals surface area contributed by atoms with Crippen molar-refractivity contribution in [3.8, 4) is 0 Å². The standard InChI is InChI=1S/C12H27NO2/c1-5-6-10(13)11(9-14)15-8-7-12(2,3)4/h10-11,14H,5-9,13H2,1-4H3. The van der Waals surface area contributed by atoms with Gasteiger partial charge in [-0.1, -0.05) is 34.1 Å². The molecule has 3 heteroatoms. The average molecular weight is 217 g/mol. The van der Waals surface area contributed by atoms with Gasteiger partial charge in [0.25, 0.3) is 0 Å². The lowest BCUT2D eigenvalue weighted by Gasteiger charge is -2.24. The zero-order chi connectivity index (χ0) is 11.9. The summed E-state index contributed by atoms with van der Waals surface area (Å²) in [6.07, 6.45) is 2.72. The first-order chi connectivity index (χ1) is 6.90. The molecular formula is C12H27NO2. The van der Waals surface area contributed by atoms with Gasteiger partial charge in [-0.05, 0) is 18.3 Å². The summed E-state index contributed by atoms with van der Waals surface area (Å²) in [7, 11) is 0. The van der Waals surface area contributed by atoms with E-state index in [-0.39, 0.29) is 24.2 Å². The first kappa shape index (κ1) is 14.9. The smallest absolute Gasteiger partial charge is 0.0956 e. The number of aliphatic hydroxyl groups is 1. The summed E-state index contributed by atoms with van der Waals surface area (Å²) in [5, 5.41) is 9.15. The monoisotopic (exact) mass is 217 g/mol. The van der Waals surface area contributed by atoms with Gasteiger partial charge in [-0.25, -0.2) is 0 Å². The van der Waals surface area contributed by atoms with Crippen molar-refractivity contribution in [1.82, 2.24) is 0 Å². The molecule has 0 aliphatic rings. The minimum Gasteiger partial charge on any atom is -0.394 e. The van der Waals surface area contributed by atoms with Crippen molar-refractivity contribution in [3.63, 3.8) is 0 Å². The molecule has 0 amide bonds. The van der Waals surface area contributed by atoms with Crippen LogP contribution >= 0.6 is 0 Å². The Balaban J connectivity index is 3.80. The summed E-state index contributed by atoms with van der Waals surface area (Å²) in [5.74, 6) is 0. The molecule has 0 fully saturated rings. The van der Waals surface area contributed by atoms with Crippen molar-refractivity contribution >= 4 is 0 Å². The zero-order valence-corrected chi connectivity index (χ0v) is 10.6. The molecule has 0 spiro atoms. The van der Waals surface area contributed by atoms with Crippen LogP contribution in [-0.2, 0) is 4.74 Å². The lowest BCUT2D eigenvalue weighted by molar-refractivity contribution is -0.0131. The van der Waals surface area contributed by atoms with Crippen molar-refractivity contribution in [3.05, 3.63) is 0 Å². The van der Waals surface area contributed by atoms with E-state index in [1.165, 1.54) is 0 Å². The number of nitrogens with two attached hydrogens (primary N) is 1. The topological polar surface area (TPSA) is 55.5 Å². The van der Waals surface area contributed by atoms with Crippen molar-refractivity contribution in [1.29, 1.82) is 0 Å². The van der Waals surface area contributed by atoms with E-state index in [0.717, 1.165) is 19.3 Å². The fourth-order valence-corrected chi connectivity index (χ4v) is 1.35. The summed E-state index contributed by atoms with van der Waals surface area (Å²) < 4.78 is 5.61. The maximum atomic E-state index is 9.15. The molecule has 92 valence electrons. The minimum absolute atomic E-state index is 0.0192. The van der Waals surface area contributed by atoms with Gasteiger partial charge in [0, 0.05) is 12.6 Å². The predicted octanol–water partition coefficient (Wildman–Crippen LogP) is 1.93. The van der Waals surface area contributed by atoms with Crippen molar-refractivity contribution in [2.45, 2.75) is 59.1 Å². The van der Waals surface area contributed by atoms with Gasteiger partial charge in [-0.15, -0.1) is 0 Å². The fourth-order valence-electron chi connectivity index (χ4n) is 1.35. The van der Waals surface area contributed by atoms with Crippen LogP contribution in [0.15, 0.2) is 0 Å². The van der Waals surface area contributed by atoms with Gasteiger partial charge in [0.15, 0.2) is 0 Å². The molecule has 0 aliphatic carbocycles. The van der Waals surface area contributed by atoms with Gasteiger partial charge in [0.05, 0.1) is 12.7 Å². The molecule has 0 aromatic carbocycles. The molecule has 0 aromatic heterocycles. The van der Waals surface area contributed by atoms with E-state index in [1.54, 1.807) is 0 Å². The fraction of sp³-hybridized carbons (Fsp3) is 1.00. The maximum Gasteiger partial charge on any atom is 0.0956 e. The van der Waals surface area contributed by atoms with Gasteiger partial charge in [-0.2, -0.15) is 0 Å². The summed E-state index contributed by atoms with van der Waals surface area (Å²) in [5.41, 5.74) is 6.18. The number of hydrogen-bond acceptors (Lipinski definition) is 3. The van der Waals surface area contributed by atoms with E-state index in [2.05, 4.69) is 27.7 Å². The lowest BCUT2D eigenvalue weighted by atomic mass is 9.93. The highest BCUT2D eigenvalue weighted by Crippen LogP contribution is 2.18. The van der Waals surface area contributed by atoms with Crippen LogP contribution in [0.25, 0.3) is 0 Å². The number of hydrogen-bond donors (Lipinski definition) is 2. The van der Waals surface area contributed by atoms with Gasteiger partial charge in [0.1, 0.15) is 0 Å². The lowest BCUT2D eigenvalue weighted by Crippen LogP contribution is -2.39. The molecule has 2 atom stereocenters. The maximum absolute atomic E-state index is 9.15. The van der Waals surface area contributed by atoms with Crippen LogP contribution in [0.2, 0.25) is 0 Å². The molecule has 0 aliphatic heterocycles. The molecular weight excluding hydrogens is 190 g/mol. The van der Waals surface area contributed by atoms with Gasteiger partial charge >= 0.3 is 0 Å². The third-order valence-electron chi connectivity index (χ3n) is 2.46. The van der Waals surface area contributed by atoms with Crippen LogP contribution in [0.4, 0.5) is 0 Å². The molecule has 0 rings (SSSR count). The quantitative estimate of drug-likeness (QED) is 0.685. The largest absolute Gasteiger partial charge is 0.394 e. The molecule has 3 nitrogen and oxygen atoms in total. The Bertz CT molecular complexity index is 154. The summed E-state index contributed by atoms with van der Waals surface area (Å²) in [6, 6.07) is -0.0417. The van der Waals surface area contributed by atoms with Crippen molar-refractivity contribution < 1.29 is 9.84 Å². The molecule has 0 saturated heterocycles. The highest BCUT2D eigenvalue weighted by Gasteiger charge is 2.18. The van der Waals surface area contributed by atoms with E-state index in [9.17, 15) is 0 Å². The zero-order valence-electron chi connectivity index (χ0n) is 10.6. The van der Waals surface area contributed by atoms with Crippen LogP contribution < -0.4 is 5.73 Å². The van der Waals surface area contributed by atoms with E-state index >= 15 is 0 Å². The second kappa shape index (κ2) is 7.20. The number of ether oxygens (including phenoxy) is 1. The molecule has 0 aromatic rings. The second-order valence-corrected chi connectivity index (χ2v) is 5.36. The molecule has 2 unspecified atom stereocenters. The van der Waals surface area contributed by atoms with Gasteiger partial charge < -0.3 is 15.6 Å². The third-order valence-corrected chi connectivity index (χ3v) is 2.46. The van der Waals surface area contributed by atoms with Crippen molar-refractivity contribution in [2.24, 2.45) is 11.1 Å². The summed E-state index contributed by atoms with van der Waals surface area (Å²) >= 11 is 0. The Labute approximate surface area is 94.0 Å². The molecule has 15 heavy (non-hydrogen) atoms. The second-order valence-electron chi connectivity index (χ2n) is 5.36. The molecule has 0 bridgehead atoms. The molecule has 0 saturated carbocycles. The van der Waals surface area contributed by atoms with Crippen LogP contribution in [0.1, 0.15) is 47.0 Å². The molecule has 0 radical (unpaired) electrons. The molecule has 0 heterocycles.